The third-order valence-corrected chi connectivity index (χ3v) is 6.60. The van der Waals surface area contributed by atoms with Crippen molar-refractivity contribution in [2.45, 2.75) is 12.5 Å². The van der Waals surface area contributed by atoms with Gasteiger partial charge in [0.2, 0.25) is 0 Å². The lowest BCUT2D eigenvalue weighted by atomic mass is 9.91. The van der Waals surface area contributed by atoms with Crippen molar-refractivity contribution >= 4 is 47.5 Å². The first-order valence-corrected chi connectivity index (χ1v) is 11.8. The Morgan fingerprint density at radius 2 is 1.66 bits per heavy atom. The van der Waals surface area contributed by atoms with E-state index >= 15 is 0 Å². The minimum Gasteiger partial charge on any atom is -0.492 e. The highest BCUT2D eigenvalue weighted by Gasteiger charge is 2.37. The smallest absolute Gasteiger partial charge is 0.173 e. The Morgan fingerprint density at radius 3 is 2.43 bits per heavy atom. The number of fused-ring (bicyclic) bond motifs is 6. The fourth-order valence-corrected chi connectivity index (χ4v) is 4.77. The minimum atomic E-state index is 0. The summed E-state index contributed by atoms with van der Waals surface area (Å²) in [6, 6.07) is 15.3. The van der Waals surface area contributed by atoms with Gasteiger partial charge in [-0.3, -0.25) is 0 Å². The quantitative estimate of drug-likeness (QED) is 0.469. The molecule has 0 saturated heterocycles. The Bertz CT molecular complexity index is 1140. The summed E-state index contributed by atoms with van der Waals surface area (Å²) >= 11 is 0. The van der Waals surface area contributed by atoms with Crippen LogP contribution in [0.1, 0.15) is 17.2 Å². The number of rotatable bonds is 7. The van der Waals surface area contributed by atoms with Gasteiger partial charge in [-0.1, -0.05) is 24.3 Å². The number of benzene rings is 2. The molecule has 0 aliphatic carbocycles. The van der Waals surface area contributed by atoms with Crippen molar-refractivity contribution in [3.05, 3.63) is 53.6 Å². The lowest BCUT2D eigenvalue weighted by Crippen LogP contribution is -2.49. The minimum absolute atomic E-state index is 0. The summed E-state index contributed by atoms with van der Waals surface area (Å²) in [5.74, 6) is 2.85. The van der Waals surface area contributed by atoms with Crippen molar-refractivity contribution in [2.24, 2.45) is 0 Å². The Hall–Kier alpha value is -2.32. The molecule has 3 heterocycles. The predicted molar refractivity (Wildman–Crippen MR) is 149 cm³/mol. The normalized spacial score (nSPS) is 16.3. The summed E-state index contributed by atoms with van der Waals surface area (Å²) in [5.41, 5.74) is 4.70. The molecule has 0 fully saturated rings. The molecule has 190 valence electrons. The van der Waals surface area contributed by atoms with E-state index in [9.17, 15) is 0 Å². The molecular weight excluding hydrogens is 483 g/mol. The molecule has 1 aromatic heterocycles. The van der Waals surface area contributed by atoms with Gasteiger partial charge in [0.15, 0.2) is 11.6 Å². The predicted octanol–water partition coefficient (Wildman–Crippen LogP) is 3.90. The van der Waals surface area contributed by atoms with Gasteiger partial charge in [-0.15, -0.1) is 24.8 Å². The van der Waals surface area contributed by atoms with Gasteiger partial charge in [0.25, 0.3) is 0 Å². The van der Waals surface area contributed by atoms with E-state index in [4.69, 9.17) is 14.7 Å². The number of likely N-dealkylation sites (N-methyl/N-ethyl adjacent to an activating group) is 2. The molecule has 5 rings (SSSR count). The van der Waals surface area contributed by atoms with Crippen LogP contribution in [0.5, 0.6) is 5.75 Å². The van der Waals surface area contributed by atoms with Crippen LogP contribution in [0.2, 0.25) is 0 Å². The molecule has 1 atom stereocenters. The molecule has 3 aromatic rings. The highest BCUT2D eigenvalue weighted by Crippen LogP contribution is 2.42. The van der Waals surface area contributed by atoms with E-state index < -0.39 is 0 Å². The molecule has 7 nitrogen and oxygen atoms in total. The molecule has 9 heteroatoms. The molecule has 2 aliphatic heterocycles. The number of aromatic nitrogens is 2. The standard InChI is InChI=1S/C26H34N6O.2ClH/c1-29(2)13-14-31-18-24-21-8-6-5-7-19(21)11-12-32(24)26-25(31)28-23-17-20(9-10-22(23)27-26)33-16-15-30(3)4;;/h5-10,17,24H,11-16,18H2,1-4H3;2*1H. The van der Waals surface area contributed by atoms with Gasteiger partial charge in [0.05, 0.1) is 17.1 Å². The third-order valence-electron chi connectivity index (χ3n) is 6.60. The monoisotopic (exact) mass is 518 g/mol. The molecule has 0 N–H and O–H groups in total. The number of hydrogen-bond donors (Lipinski definition) is 0. The Morgan fingerprint density at radius 1 is 0.914 bits per heavy atom. The summed E-state index contributed by atoms with van der Waals surface area (Å²) in [7, 11) is 8.35. The van der Waals surface area contributed by atoms with Crippen LogP contribution in [-0.4, -0.2) is 87.3 Å². The molecule has 0 spiro atoms. The molecule has 0 saturated carbocycles. The molecule has 0 radical (unpaired) electrons. The maximum Gasteiger partial charge on any atom is 0.173 e. The Balaban J connectivity index is 0.00000171. The summed E-state index contributed by atoms with van der Waals surface area (Å²) in [5, 5.41) is 0. The van der Waals surface area contributed by atoms with E-state index in [1.165, 1.54) is 11.1 Å². The average molecular weight is 520 g/mol. The van der Waals surface area contributed by atoms with Crippen LogP contribution < -0.4 is 14.5 Å². The van der Waals surface area contributed by atoms with Crippen molar-refractivity contribution in [1.29, 1.82) is 0 Å². The third kappa shape index (κ3) is 5.75. The topological polar surface area (TPSA) is 48.0 Å². The maximum absolute atomic E-state index is 5.96. The van der Waals surface area contributed by atoms with Gasteiger partial charge in [-0.2, -0.15) is 0 Å². The fourth-order valence-electron chi connectivity index (χ4n) is 4.77. The molecule has 2 aromatic carbocycles. The van der Waals surface area contributed by atoms with Crippen LogP contribution in [-0.2, 0) is 6.42 Å². The average Bonchev–Trinajstić information content (AvgIpc) is 2.81. The van der Waals surface area contributed by atoms with Crippen molar-refractivity contribution in [3.8, 4) is 5.75 Å². The van der Waals surface area contributed by atoms with Gasteiger partial charge in [0.1, 0.15) is 12.4 Å². The lowest BCUT2D eigenvalue weighted by molar-refractivity contribution is 0.261. The first kappa shape index (κ1) is 27.3. The van der Waals surface area contributed by atoms with E-state index in [1.807, 2.05) is 18.2 Å². The van der Waals surface area contributed by atoms with Gasteiger partial charge in [0, 0.05) is 38.8 Å². The molecule has 0 bridgehead atoms. The van der Waals surface area contributed by atoms with E-state index in [-0.39, 0.29) is 24.8 Å². The largest absolute Gasteiger partial charge is 0.492 e. The maximum atomic E-state index is 5.96. The van der Waals surface area contributed by atoms with Gasteiger partial charge < -0.3 is 24.3 Å². The van der Waals surface area contributed by atoms with Crippen LogP contribution in [0.25, 0.3) is 11.0 Å². The van der Waals surface area contributed by atoms with Gasteiger partial charge in [-0.05, 0) is 57.9 Å². The van der Waals surface area contributed by atoms with Crippen LogP contribution in [0, 0.1) is 0 Å². The van der Waals surface area contributed by atoms with Crippen LogP contribution in [0.3, 0.4) is 0 Å². The molecule has 1 unspecified atom stereocenters. The number of nitrogens with zero attached hydrogens (tertiary/aromatic N) is 6. The molecule has 2 aliphatic rings. The van der Waals surface area contributed by atoms with Gasteiger partial charge >= 0.3 is 0 Å². The highest BCUT2D eigenvalue weighted by atomic mass is 35.5. The van der Waals surface area contributed by atoms with E-state index in [0.29, 0.717) is 12.6 Å². The first-order chi connectivity index (χ1) is 16.0. The number of halogens is 2. The number of anilines is 2. The second-order valence-corrected chi connectivity index (χ2v) is 9.58. The van der Waals surface area contributed by atoms with Crippen molar-refractivity contribution < 1.29 is 4.74 Å². The SMILES string of the molecule is CN(C)CCOc1ccc2nc3c(nc2c1)N(CCN(C)C)CC1c2ccccc2CCN31.Cl.Cl. The zero-order chi connectivity index (χ0) is 22.9. The van der Waals surface area contributed by atoms with Crippen LogP contribution >= 0.6 is 24.8 Å². The number of hydrogen-bond acceptors (Lipinski definition) is 7. The van der Waals surface area contributed by atoms with Crippen LogP contribution in [0.4, 0.5) is 11.6 Å². The summed E-state index contributed by atoms with van der Waals surface area (Å²) in [4.78, 5) is 19.5. The van der Waals surface area contributed by atoms with Gasteiger partial charge in [-0.25, -0.2) is 9.97 Å². The van der Waals surface area contributed by atoms with Crippen molar-refractivity contribution in [3.63, 3.8) is 0 Å². The van der Waals surface area contributed by atoms with E-state index in [2.05, 4.69) is 72.1 Å². The first-order valence-electron chi connectivity index (χ1n) is 11.8. The zero-order valence-corrected chi connectivity index (χ0v) is 22.6. The second-order valence-electron chi connectivity index (χ2n) is 9.58. The Kier molecular flexibility index (Phi) is 9.05. The molecular formula is C26H36Cl2N6O. The zero-order valence-electron chi connectivity index (χ0n) is 21.0. The summed E-state index contributed by atoms with van der Waals surface area (Å²) in [6.45, 7) is 5.33. The van der Waals surface area contributed by atoms with Crippen molar-refractivity contribution in [1.82, 2.24) is 19.8 Å². The Labute approximate surface area is 220 Å². The molecule has 0 amide bonds. The second kappa shape index (κ2) is 11.6. The molecule has 35 heavy (non-hydrogen) atoms. The lowest BCUT2D eigenvalue weighted by Gasteiger charge is -2.46. The number of ether oxygens (including phenoxy) is 1. The van der Waals surface area contributed by atoms with Crippen molar-refractivity contribution in [2.75, 3.05) is 77.3 Å². The summed E-state index contributed by atoms with van der Waals surface area (Å²) in [6.07, 6.45) is 1.04. The van der Waals surface area contributed by atoms with E-state index in [0.717, 1.165) is 67.6 Å². The van der Waals surface area contributed by atoms with E-state index in [1.54, 1.807) is 0 Å². The fraction of sp³-hybridized carbons (Fsp3) is 0.462. The van der Waals surface area contributed by atoms with Crippen LogP contribution in [0.15, 0.2) is 42.5 Å². The summed E-state index contributed by atoms with van der Waals surface area (Å²) < 4.78 is 5.96. The highest BCUT2D eigenvalue weighted by molar-refractivity contribution is 5.86.